The number of aromatic nitrogens is 4. The Hall–Kier alpha value is -5.24. The van der Waals surface area contributed by atoms with E-state index in [0.717, 1.165) is 49.9 Å². The molecule has 8 aromatic rings. The molecule has 0 unspecified atom stereocenters. The van der Waals surface area contributed by atoms with Crippen LogP contribution < -0.4 is 0 Å². The Morgan fingerprint density at radius 3 is 1.30 bits per heavy atom. The predicted octanol–water partition coefficient (Wildman–Crippen LogP) is 8.51. The van der Waals surface area contributed by atoms with Gasteiger partial charge in [0.05, 0.1) is 0 Å². The fraction of sp³-hybridized carbons (Fsp3) is 0.125. The lowest BCUT2D eigenvalue weighted by molar-refractivity contribution is 0.559. The van der Waals surface area contributed by atoms with Crippen LogP contribution in [0, 0.1) is 27.7 Å². The largest absolute Gasteiger partial charge is 0.441 e. The van der Waals surface area contributed by atoms with Crippen molar-refractivity contribution in [3.05, 3.63) is 95.7 Å². The molecule has 8 rings (SSSR count). The second-order valence-corrected chi connectivity index (χ2v) is 9.81. The molecule has 4 heterocycles. The summed E-state index contributed by atoms with van der Waals surface area (Å²) in [5, 5.41) is 0. The Bertz CT molecular complexity index is 1890. The molecular weight excluding hydrogens is 504 g/mol. The van der Waals surface area contributed by atoms with Gasteiger partial charge in [-0.1, -0.05) is 35.4 Å². The third-order valence-electron chi connectivity index (χ3n) is 6.61. The van der Waals surface area contributed by atoms with E-state index in [1.54, 1.807) is 0 Å². The molecule has 0 bridgehead atoms. The molecule has 0 fully saturated rings. The van der Waals surface area contributed by atoms with E-state index in [1.165, 1.54) is 11.1 Å². The number of rotatable bonds is 2. The van der Waals surface area contributed by atoms with E-state index in [4.69, 9.17) is 17.7 Å². The molecule has 0 N–H and O–H groups in total. The third kappa shape index (κ3) is 4.39. The van der Waals surface area contributed by atoms with Crippen molar-refractivity contribution in [3.63, 3.8) is 0 Å². The Labute approximate surface area is 228 Å². The highest BCUT2D eigenvalue weighted by atomic mass is 16.4. The summed E-state index contributed by atoms with van der Waals surface area (Å²) < 4.78 is 22.7. The summed E-state index contributed by atoms with van der Waals surface area (Å²) in [6, 6.07) is 23.7. The summed E-state index contributed by atoms with van der Waals surface area (Å²) in [7, 11) is 0. The maximum Gasteiger partial charge on any atom is 0.227 e. The average molecular weight is 529 g/mol. The Balaban J connectivity index is 0.000000132. The van der Waals surface area contributed by atoms with Crippen molar-refractivity contribution in [2.75, 3.05) is 0 Å². The predicted molar refractivity (Wildman–Crippen MR) is 153 cm³/mol. The van der Waals surface area contributed by atoms with Crippen molar-refractivity contribution >= 4 is 44.4 Å². The Morgan fingerprint density at radius 2 is 0.775 bits per heavy atom. The van der Waals surface area contributed by atoms with Crippen LogP contribution in [-0.4, -0.2) is 19.9 Å². The first-order chi connectivity index (χ1) is 19.4. The van der Waals surface area contributed by atoms with E-state index < -0.39 is 0 Å². The van der Waals surface area contributed by atoms with E-state index in [-0.39, 0.29) is 0 Å². The molecule has 8 nitrogen and oxygen atoms in total. The highest BCUT2D eigenvalue weighted by Gasteiger charge is 2.13. The van der Waals surface area contributed by atoms with Crippen LogP contribution in [0.15, 0.2) is 90.5 Å². The molecule has 40 heavy (non-hydrogen) atoms. The average Bonchev–Trinajstić information content (AvgIpc) is 3.70. The molecule has 0 aliphatic heterocycles. The first-order valence-corrected chi connectivity index (χ1v) is 12.9. The van der Waals surface area contributed by atoms with Crippen LogP contribution in [0.3, 0.4) is 0 Å². The number of nitrogens with zero attached hydrogens (tertiary/aromatic N) is 4. The van der Waals surface area contributed by atoms with Gasteiger partial charge in [0.2, 0.25) is 11.8 Å². The zero-order valence-corrected chi connectivity index (χ0v) is 22.4. The molecule has 0 radical (unpaired) electrons. The molecule has 4 aromatic carbocycles. The van der Waals surface area contributed by atoms with E-state index >= 15 is 0 Å². The molecular formula is C32H24N4O4. The molecule has 0 aliphatic rings. The fourth-order valence-corrected chi connectivity index (χ4v) is 4.57. The molecule has 0 spiro atoms. The fourth-order valence-electron chi connectivity index (χ4n) is 4.57. The van der Waals surface area contributed by atoms with Crippen molar-refractivity contribution in [1.82, 2.24) is 19.9 Å². The minimum atomic E-state index is 0.615. The van der Waals surface area contributed by atoms with E-state index in [9.17, 15) is 0 Å². The van der Waals surface area contributed by atoms with Crippen LogP contribution >= 0.6 is 0 Å². The standard InChI is InChI=1S/2C16H12N2O2/c1-9-3-5-11(6-4-9)16-18-13-8-14-12(7-15(13)20-16)17-10(2)19-14;1-9-3-5-11(6-4-9)16-18-13-7-12-14(8-15(13)20-16)19-10(2)17-12/h2*3-8H,1-2H3. The number of oxazole rings is 4. The van der Waals surface area contributed by atoms with Gasteiger partial charge < -0.3 is 17.7 Å². The minimum absolute atomic E-state index is 0.615. The molecule has 4 aromatic heterocycles. The monoisotopic (exact) mass is 528 g/mol. The lowest BCUT2D eigenvalue weighted by Crippen LogP contribution is -1.77. The number of fused-ring (bicyclic) bond motifs is 4. The molecule has 0 aliphatic carbocycles. The number of benzene rings is 4. The summed E-state index contributed by atoms with van der Waals surface area (Å²) >= 11 is 0. The van der Waals surface area contributed by atoms with Gasteiger partial charge in [0, 0.05) is 43.2 Å². The van der Waals surface area contributed by atoms with Crippen LogP contribution in [0.1, 0.15) is 22.9 Å². The quantitative estimate of drug-likeness (QED) is 0.220. The number of hydrogen-bond donors (Lipinski definition) is 0. The smallest absolute Gasteiger partial charge is 0.227 e. The first-order valence-electron chi connectivity index (χ1n) is 12.9. The second kappa shape index (κ2) is 9.20. The summed E-state index contributed by atoms with van der Waals surface area (Å²) in [4.78, 5) is 17.7. The summed E-state index contributed by atoms with van der Waals surface area (Å²) in [6.07, 6.45) is 0. The first kappa shape index (κ1) is 23.8. The SMILES string of the molecule is Cc1ccc(-c2nc3cc4nc(C)oc4cc3o2)cc1.Cc1ccc(-c2nc3cc4oc(C)nc4cc3o2)cc1. The van der Waals surface area contributed by atoms with Gasteiger partial charge in [-0.3, -0.25) is 0 Å². The Morgan fingerprint density at radius 1 is 0.400 bits per heavy atom. The van der Waals surface area contributed by atoms with Crippen molar-refractivity contribution in [2.24, 2.45) is 0 Å². The molecule has 196 valence electrons. The van der Waals surface area contributed by atoms with Crippen LogP contribution in [0.2, 0.25) is 0 Å². The summed E-state index contributed by atoms with van der Waals surface area (Å²) in [6.45, 7) is 7.76. The molecule has 0 saturated heterocycles. The molecule has 0 amide bonds. The molecule has 0 atom stereocenters. The van der Waals surface area contributed by atoms with Gasteiger partial charge in [0.15, 0.2) is 34.1 Å². The third-order valence-corrected chi connectivity index (χ3v) is 6.61. The second-order valence-electron chi connectivity index (χ2n) is 9.81. The lowest BCUT2D eigenvalue weighted by atomic mass is 10.1. The van der Waals surface area contributed by atoms with E-state index in [2.05, 4.69) is 33.8 Å². The summed E-state index contributed by atoms with van der Waals surface area (Å²) in [5.74, 6) is 2.52. The van der Waals surface area contributed by atoms with Gasteiger partial charge in [0.1, 0.15) is 22.1 Å². The molecule has 8 heteroatoms. The van der Waals surface area contributed by atoms with Gasteiger partial charge in [-0.25, -0.2) is 19.9 Å². The Kier molecular flexibility index (Phi) is 5.48. The topological polar surface area (TPSA) is 104 Å². The van der Waals surface area contributed by atoms with Crippen LogP contribution in [0.4, 0.5) is 0 Å². The van der Waals surface area contributed by atoms with E-state index in [0.29, 0.717) is 29.1 Å². The molecule has 0 saturated carbocycles. The normalized spacial score (nSPS) is 11.5. The van der Waals surface area contributed by atoms with Crippen LogP contribution in [0.25, 0.3) is 67.3 Å². The van der Waals surface area contributed by atoms with Crippen molar-refractivity contribution < 1.29 is 17.7 Å². The number of aryl methyl sites for hydroxylation is 4. The lowest BCUT2D eigenvalue weighted by Gasteiger charge is -1.95. The van der Waals surface area contributed by atoms with Crippen LogP contribution in [-0.2, 0) is 0 Å². The van der Waals surface area contributed by atoms with Gasteiger partial charge in [0.25, 0.3) is 0 Å². The zero-order chi connectivity index (χ0) is 27.4. The van der Waals surface area contributed by atoms with Gasteiger partial charge in [-0.05, 0) is 44.2 Å². The maximum atomic E-state index is 5.82. The van der Waals surface area contributed by atoms with Gasteiger partial charge in [-0.2, -0.15) is 0 Å². The number of hydrogen-bond acceptors (Lipinski definition) is 8. The highest BCUT2D eigenvalue weighted by molar-refractivity contribution is 5.91. The van der Waals surface area contributed by atoms with Crippen LogP contribution in [0.5, 0.6) is 0 Å². The van der Waals surface area contributed by atoms with Gasteiger partial charge >= 0.3 is 0 Å². The van der Waals surface area contributed by atoms with Crippen molar-refractivity contribution in [3.8, 4) is 22.9 Å². The van der Waals surface area contributed by atoms with Gasteiger partial charge in [-0.15, -0.1) is 0 Å². The maximum absolute atomic E-state index is 5.82. The zero-order valence-electron chi connectivity index (χ0n) is 22.4. The summed E-state index contributed by atoms with van der Waals surface area (Å²) in [5.41, 5.74) is 10.4. The highest BCUT2D eigenvalue weighted by Crippen LogP contribution is 2.29. The van der Waals surface area contributed by atoms with E-state index in [1.807, 2.05) is 86.6 Å². The van der Waals surface area contributed by atoms with Crippen molar-refractivity contribution in [1.29, 1.82) is 0 Å². The minimum Gasteiger partial charge on any atom is -0.441 e. The van der Waals surface area contributed by atoms with Crippen molar-refractivity contribution in [2.45, 2.75) is 27.7 Å².